The second-order valence-corrected chi connectivity index (χ2v) is 5.81. The first kappa shape index (κ1) is 17.8. The fourth-order valence-electron chi connectivity index (χ4n) is 1.53. The zero-order chi connectivity index (χ0) is 15.1. The lowest BCUT2D eigenvalue weighted by Gasteiger charge is -2.16. The van der Waals surface area contributed by atoms with E-state index in [1.807, 2.05) is 58.9 Å². The number of hydrogen-bond acceptors (Lipinski definition) is 2. The van der Waals surface area contributed by atoms with E-state index < -0.39 is 0 Å². The molecule has 108 valence electrons. The fourth-order valence-corrected chi connectivity index (χ4v) is 1.53. The third-order valence-corrected chi connectivity index (χ3v) is 2.61. The third kappa shape index (κ3) is 6.53. The van der Waals surface area contributed by atoms with Crippen molar-refractivity contribution >= 4 is 5.78 Å². The van der Waals surface area contributed by atoms with Gasteiger partial charge in [-0.3, -0.25) is 4.79 Å². The van der Waals surface area contributed by atoms with Crippen molar-refractivity contribution in [3.63, 3.8) is 0 Å². The van der Waals surface area contributed by atoms with Gasteiger partial charge in [-0.2, -0.15) is 0 Å². The van der Waals surface area contributed by atoms with Crippen molar-refractivity contribution in [2.75, 3.05) is 0 Å². The van der Waals surface area contributed by atoms with E-state index in [1.165, 1.54) is 5.56 Å². The van der Waals surface area contributed by atoms with Gasteiger partial charge in [0.15, 0.2) is 5.78 Å². The van der Waals surface area contributed by atoms with E-state index >= 15 is 0 Å². The minimum Gasteiger partial charge on any atom is -0.310 e. The normalized spacial score (nSPS) is 10.9. The van der Waals surface area contributed by atoms with Crippen LogP contribution < -0.4 is 5.32 Å². The second kappa shape index (κ2) is 8.11. The Hall–Kier alpha value is -1.15. The minimum atomic E-state index is -0.308. The molecule has 19 heavy (non-hydrogen) atoms. The standard InChI is InChI=1S/C15H23NO.C2H6/c1-11(2)16-10-12-6-8-13(9-7-12)14(17)15(3,4)5;1-2/h6-9,11,16H,10H2,1-5H3;1-2H3. The highest BCUT2D eigenvalue weighted by Crippen LogP contribution is 2.20. The monoisotopic (exact) mass is 263 g/mol. The number of carbonyl (C=O) groups excluding carboxylic acids is 1. The molecule has 0 aliphatic carbocycles. The molecule has 2 heteroatoms. The van der Waals surface area contributed by atoms with Crippen LogP contribution in [-0.4, -0.2) is 11.8 Å². The van der Waals surface area contributed by atoms with E-state index in [2.05, 4.69) is 19.2 Å². The highest BCUT2D eigenvalue weighted by molar-refractivity contribution is 5.99. The molecular formula is C17H29NO. The van der Waals surface area contributed by atoms with Crippen molar-refractivity contribution < 1.29 is 4.79 Å². The molecule has 1 N–H and O–H groups in total. The largest absolute Gasteiger partial charge is 0.310 e. The maximum Gasteiger partial charge on any atom is 0.168 e. The van der Waals surface area contributed by atoms with Gasteiger partial charge in [-0.05, 0) is 5.56 Å². The van der Waals surface area contributed by atoms with Crippen molar-refractivity contribution in [1.82, 2.24) is 5.32 Å². The molecule has 0 amide bonds. The predicted molar refractivity (Wildman–Crippen MR) is 83.6 cm³/mol. The lowest BCUT2D eigenvalue weighted by molar-refractivity contribution is 0.0858. The van der Waals surface area contributed by atoms with E-state index in [1.54, 1.807) is 0 Å². The van der Waals surface area contributed by atoms with Gasteiger partial charge in [0.05, 0.1) is 0 Å². The molecule has 0 spiro atoms. The number of rotatable bonds is 4. The Bertz CT molecular complexity index is 371. The van der Waals surface area contributed by atoms with Crippen LogP contribution in [0.2, 0.25) is 0 Å². The van der Waals surface area contributed by atoms with Gasteiger partial charge < -0.3 is 5.32 Å². The summed E-state index contributed by atoms with van der Waals surface area (Å²) in [6.07, 6.45) is 0. The quantitative estimate of drug-likeness (QED) is 0.814. The summed E-state index contributed by atoms with van der Waals surface area (Å²) in [7, 11) is 0. The van der Waals surface area contributed by atoms with E-state index in [0.717, 1.165) is 12.1 Å². The Morgan fingerprint density at radius 2 is 1.58 bits per heavy atom. The molecule has 2 nitrogen and oxygen atoms in total. The summed E-state index contributed by atoms with van der Waals surface area (Å²) in [6, 6.07) is 8.37. The molecule has 1 rings (SSSR count). The molecule has 0 aromatic heterocycles. The lowest BCUT2D eigenvalue weighted by atomic mass is 9.86. The number of carbonyl (C=O) groups is 1. The first-order valence-electron chi connectivity index (χ1n) is 7.18. The summed E-state index contributed by atoms with van der Waals surface area (Å²) in [4.78, 5) is 12.0. The van der Waals surface area contributed by atoms with Crippen molar-refractivity contribution in [2.24, 2.45) is 5.41 Å². The number of nitrogens with one attached hydrogen (secondary N) is 1. The first-order valence-corrected chi connectivity index (χ1v) is 7.18. The number of Topliss-reactive ketones (excluding diaryl/α,β-unsaturated/α-hetero) is 1. The summed E-state index contributed by atoms with van der Waals surface area (Å²) in [5, 5.41) is 3.36. The molecule has 0 saturated heterocycles. The van der Waals surface area contributed by atoms with Crippen LogP contribution >= 0.6 is 0 Å². The van der Waals surface area contributed by atoms with E-state index in [9.17, 15) is 4.79 Å². The topological polar surface area (TPSA) is 29.1 Å². The van der Waals surface area contributed by atoms with Crippen LogP contribution in [0.3, 0.4) is 0 Å². The van der Waals surface area contributed by atoms with Crippen LogP contribution in [-0.2, 0) is 6.54 Å². The van der Waals surface area contributed by atoms with Gasteiger partial charge in [-0.1, -0.05) is 72.7 Å². The highest BCUT2D eigenvalue weighted by atomic mass is 16.1. The van der Waals surface area contributed by atoms with Gasteiger partial charge in [-0.15, -0.1) is 0 Å². The smallest absolute Gasteiger partial charge is 0.168 e. The van der Waals surface area contributed by atoms with Crippen molar-refractivity contribution in [2.45, 2.75) is 61.1 Å². The molecule has 0 radical (unpaired) electrons. The Labute approximate surface area is 118 Å². The first-order chi connectivity index (χ1) is 8.80. The number of ketones is 1. The van der Waals surface area contributed by atoms with Crippen molar-refractivity contribution in [3.05, 3.63) is 35.4 Å². The van der Waals surface area contributed by atoms with E-state index in [-0.39, 0.29) is 11.2 Å². The zero-order valence-electron chi connectivity index (χ0n) is 13.5. The molecule has 0 aliphatic heterocycles. The minimum absolute atomic E-state index is 0.195. The molecule has 0 aliphatic rings. The zero-order valence-corrected chi connectivity index (χ0v) is 13.5. The van der Waals surface area contributed by atoms with E-state index in [0.29, 0.717) is 6.04 Å². The maximum absolute atomic E-state index is 12.0. The Morgan fingerprint density at radius 3 is 1.95 bits per heavy atom. The Balaban J connectivity index is 0.00000154. The summed E-state index contributed by atoms with van der Waals surface area (Å²) in [5.74, 6) is 0.195. The lowest BCUT2D eigenvalue weighted by Crippen LogP contribution is -2.22. The van der Waals surface area contributed by atoms with Gasteiger partial charge in [0.1, 0.15) is 0 Å². The second-order valence-electron chi connectivity index (χ2n) is 5.81. The summed E-state index contributed by atoms with van der Waals surface area (Å²) in [5.41, 5.74) is 1.70. The highest BCUT2D eigenvalue weighted by Gasteiger charge is 2.22. The SMILES string of the molecule is CC.CC(C)NCc1ccc(C(=O)C(C)(C)C)cc1. The molecule has 0 bridgehead atoms. The summed E-state index contributed by atoms with van der Waals surface area (Å²) >= 11 is 0. The number of benzene rings is 1. The van der Waals surface area contributed by atoms with Gasteiger partial charge >= 0.3 is 0 Å². The van der Waals surface area contributed by atoms with Crippen LogP contribution in [0.4, 0.5) is 0 Å². The summed E-state index contributed by atoms with van der Waals surface area (Å²) < 4.78 is 0. The molecule has 0 heterocycles. The Kier molecular flexibility index (Phi) is 7.62. The van der Waals surface area contributed by atoms with Crippen LogP contribution in [0.25, 0.3) is 0 Å². The molecular weight excluding hydrogens is 234 g/mol. The van der Waals surface area contributed by atoms with Gasteiger partial charge in [0, 0.05) is 23.6 Å². The molecule has 0 saturated carbocycles. The number of hydrogen-bond donors (Lipinski definition) is 1. The van der Waals surface area contributed by atoms with Gasteiger partial charge in [0.2, 0.25) is 0 Å². The van der Waals surface area contributed by atoms with E-state index in [4.69, 9.17) is 0 Å². The van der Waals surface area contributed by atoms with Crippen LogP contribution in [0, 0.1) is 5.41 Å². The van der Waals surface area contributed by atoms with Crippen LogP contribution in [0.5, 0.6) is 0 Å². The average Bonchev–Trinajstić information content (AvgIpc) is 2.37. The average molecular weight is 263 g/mol. The van der Waals surface area contributed by atoms with Gasteiger partial charge in [-0.25, -0.2) is 0 Å². The molecule has 0 atom stereocenters. The van der Waals surface area contributed by atoms with Crippen LogP contribution in [0.1, 0.15) is 64.4 Å². The van der Waals surface area contributed by atoms with Gasteiger partial charge in [0.25, 0.3) is 0 Å². The van der Waals surface area contributed by atoms with Crippen LogP contribution in [0.15, 0.2) is 24.3 Å². The molecule has 1 aromatic rings. The molecule has 1 aromatic carbocycles. The molecule has 0 unspecified atom stereocenters. The fraction of sp³-hybridized carbons (Fsp3) is 0.588. The molecule has 0 fully saturated rings. The predicted octanol–water partition coefficient (Wildman–Crippen LogP) is 4.44. The maximum atomic E-state index is 12.0. The summed E-state index contributed by atoms with van der Waals surface area (Å²) in [6.45, 7) is 14.9. The van der Waals surface area contributed by atoms with Crippen molar-refractivity contribution in [1.29, 1.82) is 0 Å². The third-order valence-electron chi connectivity index (χ3n) is 2.61. The Morgan fingerprint density at radius 1 is 1.11 bits per heavy atom. The van der Waals surface area contributed by atoms with Crippen molar-refractivity contribution in [3.8, 4) is 0 Å².